The monoisotopic (exact) mass is 343 g/mol. The van der Waals surface area contributed by atoms with Gasteiger partial charge in [0.15, 0.2) is 0 Å². The van der Waals surface area contributed by atoms with Crippen molar-refractivity contribution in [3.63, 3.8) is 0 Å². The summed E-state index contributed by atoms with van der Waals surface area (Å²) in [5, 5.41) is 6.03. The van der Waals surface area contributed by atoms with Gasteiger partial charge in [-0.3, -0.25) is 9.59 Å². The first-order valence-corrected chi connectivity index (χ1v) is 9.46. The van der Waals surface area contributed by atoms with Gasteiger partial charge in [-0.15, -0.1) is 0 Å². The van der Waals surface area contributed by atoms with E-state index in [1.807, 2.05) is 6.92 Å². The Bertz CT molecular complexity index is 618. The highest BCUT2D eigenvalue weighted by atomic mass is 16.2. The fraction of sp³-hybridized carbons (Fsp3) is 0.600. The van der Waals surface area contributed by atoms with Gasteiger partial charge in [-0.1, -0.05) is 25.7 Å². The molecular formula is C20H29N3O2. The summed E-state index contributed by atoms with van der Waals surface area (Å²) in [6.45, 7) is 1.97. The number of amides is 2. The summed E-state index contributed by atoms with van der Waals surface area (Å²) in [5.74, 6) is -0.217. The molecule has 0 saturated heterocycles. The maximum atomic E-state index is 12.6. The summed E-state index contributed by atoms with van der Waals surface area (Å²) in [7, 11) is 0. The molecule has 0 heterocycles. The average Bonchev–Trinajstić information content (AvgIpc) is 3.08. The number of carbonyl (C=O) groups is 2. The molecule has 2 saturated carbocycles. The summed E-state index contributed by atoms with van der Waals surface area (Å²) in [5.41, 5.74) is 7.21. The van der Waals surface area contributed by atoms with Crippen molar-refractivity contribution in [3.8, 4) is 0 Å². The Hall–Kier alpha value is -1.88. The van der Waals surface area contributed by atoms with Crippen molar-refractivity contribution >= 4 is 17.5 Å². The van der Waals surface area contributed by atoms with Gasteiger partial charge in [-0.25, -0.2) is 0 Å². The largest absolute Gasteiger partial charge is 0.349 e. The smallest absolute Gasteiger partial charge is 0.251 e. The lowest BCUT2D eigenvalue weighted by Crippen LogP contribution is -2.51. The van der Waals surface area contributed by atoms with Crippen molar-refractivity contribution in [1.82, 2.24) is 5.32 Å². The minimum Gasteiger partial charge on any atom is -0.349 e. The maximum Gasteiger partial charge on any atom is 0.251 e. The molecule has 136 valence electrons. The molecule has 5 nitrogen and oxygen atoms in total. The van der Waals surface area contributed by atoms with Gasteiger partial charge in [-0.2, -0.15) is 0 Å². The van der Waals surface area contributed by atoms with Gasteiger partial charge in [0.05, 0.1) is 5.92 Å². The van der Waals surface area contributed by atoms with Crippen LogP contribution in [0, 0.1) is 5.92 Å². The number of nitrogens with one attached hydrogen (secondary N) is 2. The van der Waals surface area contributed by atoms with Crippen LogP contribution in [-0.2, 0) is 4.79 Å². The van der Waals surface area contributed by atoms with Gasteiger partial charge in [0.25, 0.3) is 5.91 Å². The zero-order valence-electron chi connectivity index (χ0n) is 15.0. The number of hydrogen-bond acceptors (Lipinski definition) is 3. The maximum absolute atomic E-state index is 12.6. The molecule has 2 unspecified atom stereocenters. The second kappa shape index (κ2) is 7.56. The molecule has 1 aromatic carbocycles. The molecule has 0 aromatic heterocycles. The van der Waals surface area contributed by atoms with Gasteiger partial charge in [0.2, 0.25) is 5.91 Å². The third kappa shape index (κ3) is 4.40. The van der Waals surface area contributed by atoms with Crippen molar-refractivity contribution < 1.29 is 9.59 Å². The number of carbonyl (C=O) groups excluding carboxylic acids is 2. The molecule has 4 N–H and O–H groups in total. The van der Waals surface area contributed by atoms with Crippen molar-refractivity contribution in [2.45, 2.75) is 69.9 Å². The molecule has 2 amide bonds. The highest BCUT2D eigenvalue weighted by Gasteiger charge is 2.37. The summed E-state index contributed by atoms with van der Waals surface area (Å²) >= 11 is 0. The third-order valence-corrected chi connectivity index (χ3v) is 5.68. The van der Waals surface area contributed by atoms with Gasteiger partial charge in [0.1, 0.15) is 0 Å². The van der Waals surface area contributed by atoms with Crippen LogP contribution in [0.1, 0.15) is 68.6 Å². The Morgan fingerprint density at radius 3 is 2.32 bits per heavy atom. The van der Waals surface area contributed by atoms with E-state index in [-0.39, 0.29) is 17.7 Å². The number of nitrogens with two attached hydrogens (primary N) is 1. The van der Waals surface area contributed by atoms with Crippen LogP contribution in [0.15, 0.2) is 24.3 Å². The zero-order chi connectivity index (χ0) is 17.9. The van der Waals surface area contributed by atoms with E-state index in [9.17, 15) is 9.59 Å². The third-order valence-electron chi connectivity index (χ3n) is 5.68. The van der Waals surface area contributed by atoms with E-state index in [0.29, 0.717) is 17.3 Å². The van der Waals surface area contributed by atoms with E-state index in [0.717, 1.165) is 38.5 Å². The van der Waals surface area contributed by atoms with Crippen LogP contribution in [-0.4, -0.2) is 23.4 Å². The fourth-order valence-electron chi connectivity index (χ4n) is 4.06. The Morgan fingerprint density at radius 2 is 1.68 bits per heavy atom. The topological polar surface area (TPSA) is 84.2 Å². The van der Waals surface area contributed by atoms with Gasteiger partial charge in [0, 0.05) is 22.8 Å². The van der Waals surface area contributed by atoms with Gasteiger partial charge in [-0.05, 0) is 56.9 Å². The number of hydrogen-bond donors (Lipinski definition) is 3. The van der Waals surface area contributed by atoms with Crippen molar-refractivity contribution in [2.24, 2.45) is 11.7 Å². The number of rotatable bonds is 4. The van der Waals surface area contributed by atoms with E-state index in [2.05, 4.69) is 10.6 Å². The quantitative estimate of drug-likeness (QED) is 0.785. The lowest BCUT2D eigenvalue weighted by Gasteiger charge is -2.37. The lowest BCUT2D eigenvalue weighted by atomic mass is 9.74. The summed E-state index contributed by atoms with van der Waals surface area (Å²) in [4.78, 5) is 24.8. The summed E-state index contributed by atoms with van der Waals surface area (Å²) in [6, 6.07) is 7.42. The van der Waals surface area contributed by atoms with E-state index in [4.69, 9.17) is 5.73 Å². The molecule has 2 fully saturated rings. The van der Waals surface area contributed by atoms with Crippen LogP contribution in [0.3, 0.4) is 0 Å². The minimum atomic E-state index is -0.441. The standard InChI is InChI=1S/C20H29N3O2/c1-20(21)13-5-4-8-17(20)19(25)23-16-11-9-14(10-12-16)18(24)22-15-6-2-3-7-15/h9-12,15,17H,2-8,13,21H2,1H3,(H,22,24)(H,23,25). The number of benzene rings is 1. The predicted octanol–water partition coefficient (Wildman–Crippen LogP) is 3.21. The van der Waals surface area contributed by atoms with E-state index in [1.54, 1.807) is 24.3 Å². The first-order chi connectivity index (χ1) is 12.0. The van der Waals surface area contributed by atoms with Gasteiger partial charge >= 0.3 is 0 Å². The van der Waals surface area contributed by atoms with Crippen LogP contribution < -0.4 is 16.4 Å². The van der Waals surface area contributed by atoms with E-state index >= 15 is 0 Å². The van der Waals surface area contributed by atoms with E-state index < -0.39 is 5.54 Å². The molecule has 3 rings (SSSR count). The number of anilines is 1. The van der Waals surface area contributed by atoms with Crippen molar-refractivity contribution in [2.75, 3.05) is 5.32 Å². The molecule has 2 aliphatic rings. The van der Waals surface area contributed by atoms with Gasteiger partial charge < -0.3 is 16.4 Å². The fourth-order valence-corrected chi connectivity index (χ4v) is 4.06. The molecule has 0 spiro atoms. The highest BCUT2D eigenvalue weighted by molar-refractivity contribution is 5.96. The predicted molar refractivity (Wildman–Crippen MR) is 99.3 cm³/mol. The lowest BCUT2D eigenvalue weighted by molar-refractivity contribution is -0.122. The molecule has 0 bridgehead atoms. The molecule has 5 heteroatoms. The zero-order valence-corrected chi connectivity index (χ0v) is 15.0. The molecule has 25 heavy (non-hydrogen) atoms. The van der Waals surface area contributed by atoms with Crippen LogP contribution in [0.2, 0.25) is 0 Å². The molecular weight excluding hydrogens is 314 g/mol. The average molecular weight is 343 g/mol. The molecule has 2 aliphatic carbocycles. The Kier molecular flexibility index (Phi) is 5.42. The highest BCUT2D eigenvalue weighted by Crippen LogP contribution is 2.32. The minimum absolute atomic E-state index is 0.0205. The normalized spacial score (nSPS) is 27.0. The summed E-state index contributed by atoms with van der Waals surface area (Å²) in [6.07, 6.45) is 8.37. The summed E-state index contributed by atoms with van der Waals surface area (Å²) < 4.78 is 0. The first kappa shape index (κ1) is 17.9. The molecule has 2 atom stereocenters. The van der Waals surface area contributed by atoms with Crippen molar-refractivity contribution in [3.05, 3.63) is 29.8 Å². The molecule has 0 aliphatic heterocycles. The Labute approximate surface area is 149 Å². The molecule has 1 aromatic rings. The Morgan fingerprint density at radius 1 is 1.04 bits per heavy atom. The van der Waals surface area contributed by atoms with Crippen LogP contribution in [0.5, 0.6) is 0 Å². The first-order valence-electron chi connectivity index (χ1n) is 9.46. The second-order valence-electron chi connectivity index (χ2n) is 7.83. The second-order valence-corrected chi connectivity index (χ2v) is 7.83. The van der Waals surface area contributed by atoms with Crippen molar-refractivity contribution in [1.29, 1.82) is 0 Å². The SMILES string of the molecule is CC1(N)CCCCC1C(=O)Nc1ccc(C(=O)NC2CCCC2)cc1. The van der Waals surface area contributed by atoms with Crippen LogP contribution >= 0.6 is 0 Å². The van der Waals surface area contributed by atoms with E-state index in [1.165, 1.54) is 12.8 Å². The van der Waals surface area contributed by atoms with Crippen LogP contribution in [0.25, 0.3) is 0 Å². The van der Waals surface area contributed by atoms with Crippen LogP contribution in [0.4, 0.5) is 5.69 Å². The molecule has 0 radical (unpaired) electrons. The Balaban J connectivity index is 1.58.